The molecule has 1 aliphatic heterocycles. The fraction of sp³-hybridized carbons (Fsp3) is 0.150. The normalized spacial score (nSPS) is 13.4. The number of carbonyl (C=O) groups excluding carboxylic acids is 1. The second-order valence-corrected chi connectivity index (χ2v) is 7.49. The Morgan fingerprint density at radius 3 is 2.74 bits per heavy atom. The monoisotopic (exact) mass is 379 g/mol. The number of hydrogen-bond acceptors (Lipinski definition) is 4. The average Bonchev–Trinajstić information content (AvgIpc) is 3.27. The van der Waals surface area contributed by atoms with Gasteiger partial charge in [0.2, 0.25) is 0 Å². The fourth-order valence-corrected chi connectivity index (χ4v) is 4.50. The number of nitrogens with zero attached hydrogens (tertiary/aromatic N) is 3. The lowest BCUT2D eigenvalue weighted by Crippen LogP contribution is -2.23. The number of benzene rings is 2. The minimum Gasteiger partial charge on any atom is -0.327 e. The van der Waals surface area contributed by atoms with Crippen LogP contribution in [0.5, 0.6) is 0 Å². The summed E-state index contributed by atoms with van der Waals surface area (Å²) in [5.41, 5.74) is 2.15. The Morgan fingerprint density at radius 1 is 1.15 bits per heavy atom. The first-order valence-electron chi connectivity index (χ1n) is 8.57. The molecule has 0 aliphatic carbocycles. The Hall–Kier alpha value is -2.93. The third-order valence-electron chi connectivity index (χ3n) is 4.84. The standard InChI is InChI=1S/C20H14FN3O2S/c21-13-7-5-12(6-8-13)16(25)11-24-15-4-2-1-3-14(15)17-18(24)19(26)23-9-10-27-20(23)22-17/h1-8H,9-11H2. The van der Waals surface area contributed by atoms with Gasteiger partial charge in [0.05, 0.1) is 12.1 Å². The molecular weight excluding hydrogens is 365 g/mol. The van der Waals surface area contributed by atoms with E-state index in [4.69, 9.17) is 4.98 Å². The summed E-state index contributed by atoms with van der Waals surface area (Å²) in [4.78, 5) is 30.6. The van der Waals surface area contributed by atoms with Gasteiger partial charge in [-0.25, -0.2) is 9.37 Å². The molecule has 0 N–H and O–H groups in total. The lowest BCUT2D eigenvalue weighted by molar-refractivity contribution is 0.0974. The lowest BCUT2D eigenvalue weighted by atomic mass is 10.1. The summed E-state index contributed by atoms with van der Waals surface area (Å²) in [7, 11) is 0. The summed E-state index contributed by atoms with van der Waals surface area (Å²) < 4.78 is 16.6. The summed E-state index contributed by atoms with van der Waals surface area (Å²) >= 11 is 1.57. The number of thioether (sulfide) groups is 1. The summed E-state index contributed by atoms with van der Waals surface area (Å²) in [6.07, 6.45) is 0. The number of carbonyl (C=O) groups is 1. The van der Waals surface area contributed by atoms with Gasteiger partial charge in [-0.2, -0.15) is 0 Å². The van der Waals surface area contributed by atoms with Crippen molar-refractivity contribution in [2.45, 2.75) is 18.2 Å². The molecule has 1 aliphatic rings. The SMILES string of the molecule is O=C(Cn1c2ccccc2c2nc3n(c(=O)c21)CCS3)c1ccc(F)cc1. The Morgan fingerprint density at radius 2 is 1.93 bits per heavy atom. The van der Waals surface area contributed by atoms with Crippen LogP contribution in [0.15, 0.2) is 58.5 Å². The van der Waals surface area contributed by atoms with Gasteiger partial charge >= 0.3 is 0 Å². The van der Waals surface area contributed by atoms with E-state index in [9.17, 15) is 14.0 Å². The molecule has 0 amide bonds. The number of Topliss-reactive ketones (excluding diaryl/α,β-unsaturated/α-hetero) is 1. The molecule has 2 aromatic carbocycles. The van der Waals surface area contributed by atoms with Gasteiger partial charge in [-0.1, -0.05) is 30.0 Å². The highest BCUT2D eigenvalue weighted by atomic mass is 32.2. The molecule has 7 heteroatoms. The molecule has 134 valence electrons. The highest BCUT2D eigenvalue weighted by Gasteiger charge is 2.23. The van der Waals surface area contributed by atoms with Crippen LogP contribution in [-0.4, -0.2) is 25.7 Å². The lowest BCUT2D eigenvalue weighted by Gasteiger charge is -2.08. The molecule has 0 unspecified atom stereocenters. The van der Waals surface area contributed by atoms with Gasteiger partial charge in [0.1, 0.15) is 16.9 Å². The van der Waals surface area contributed by atoms with E-state index in [1.807, 2.05) is 24.3 Å². The van der Waals surface area contributed by atoms with Crippen LogP contribution in [0.25, 0.3) is 21.9 Å². The highest BCUT2D eigenvalue weighted by Crippen LogP contribution is 2.30. The minimum atomic E-state index is -0.390. The van der Waals surface area contributed by atoms with Gasteiger partial charge in [-0.15, -0.1) is 0 Å². The largest absolute Gasteiger partial charge is 0.327 e. The van der Waals surface area contributed by atoms with E-state index in [1.54, 1.807) is 20.9 Å². The third kappa shape index (κ3) is 2.49. The summed E-state index contributed by atoms with van der Waals surface area (Å²) in [5.74, 6) is 0.247. The number of rotatable bonds is 3. The van der Waals surface area contributed by atoms with Crippen molar-refractivity contribution in [1.82, 2.24) is 14.1 Å². The molecule has 0 saturated carbocycles. The topological polar surface area (TPSA) is 56.9 Å². The van der Waals surface area contributed by atoms with Crippen LogP contribution in [0, 0.1) is 5.82 Å². The molecule has 0 saturated heterocycles. The van der Waals surface area contributed by atoms with Crippen molar-refractivity contribution in [3.8, 4) is 0 Å². The molecule has 3 heterocycles. The predicted octanol–water partition coefficient (Wildman–Crippen LogP) is 3.48. The first kappa shape index (κ1) is 16.3. The number of halogens is 1. The van der Waals surface area contributed by atoms with E-state index in [1.165, 1.54) is 24.3 Å². The predicted molar refractivity (Wildman–Crippen MR) is 103 cm³/mol. The number of aromatic nitrogens is 3. The third-order valence-corrected chi connectivity index (χ3v) is 5.80. The number of para-hydroxylation sites is 1. The van der Waals surface area contributed by atoms with E-state index in [2.05, 4.69) is 0 Å². The smallest absolute Gasteiger partial charge is 0.278 e. The van der Waals surface area contributed by atoms with Crippen LogP contribution in [0.3, 0.4) is 0 Å². The Balaban J connectivity index is 1.74. The number of ketones is 1. The maximum absolute atomic E-state index is 13.2. The molecule has 0 fully saturated rings. The Bertz CT molecular complexity index is 1270. The number of fused-ring (bicyclic) bond motifs is 4. The van der Waals surface area contributed by atoms with Crippen molar-refractivity contribution in [2.24, 2.45) is 0 Å². The van der Waals surface area contributed by atoms with Crippen LogP contribution >= 0.6 is 11.8 Å². The van der Waals surface area contributed by atoms with E-state index >= 15 is 0 Å². The van der Waals surface area contributed by atoms with E-state index < -0.39 is 0 Å². The highest BCUT2D eigenvalue weighted by molar-refractivity contribution is 7.99. The Labute approximate surface area is 157 Å². The molecular formula is C20H14FN3O2S. The van der Waals surface area contributed by atoms with E-state index in [0.717, 1.165) is 21.8 Å². The van der Waals surface area contributed by atoms with Crippen molar-refractivity contribution in [3.63, 3.8) is 0 Å². The van der Waals surface area contributed by atoms with Gasteiger partial charge in [0, 0.05) is 23.2 Å². The van der Waals surface area contributed by atoms with Gasteiger partial charge in [0.15, 0.2) is 10.9 Å². The zero-order valence-corrected chi connectivity index (χ0v) is 15.0. The van der Waals surface area contributed by atoms with E-state index in [-0.39, 0.29) is 23.7 Å². The summed E-state index contributed by atoms with van der Waals surface area (Å²) in [5, 5.41) is 1.58. The molecule has 4 aromatic rings. The van der Waals surface area contributed by atoms with Crippen molar-refractivity contribution in [1.29, 1.82) is 0 Å². The quantitative estimate of drug-likeness (QED) is 0.404. The van der Waals surface area contributed by atoms with Gasteiger partial charge in [-0.05, 0) is 30.3 Å². The fourth-order valence-electron chi connectivity index (χ4n) is 3.56. The molecule has 2 aromatic heterocycles. The maximum Gasteiger partial charge on any atom is 0.278 e. The van der Waals surface area contributed by atoms with Crippen molar-refractivity contribution >= 4 is 39.5 Å². The minimum absolute atomic E-state index is 0.000937. The first-order valence-corrected chi connectivity index (χ1v) is 9.55. The van der Waals surface area contributed by atoms with Crippen LogP contribution in [0.1, 0.15) is 10.4 Å². The first-order chi connectivity index (χ1) is 13.1. The average molecular weight is 379 g/mol. The van der Waals surface area contributed by atoms with Crippen molar-refractivity contribution in [3.05, 3.63) is 70.3 Å². The maximum atomic E-state index is 13.2. The Kier molecular flexibility index (Phi) is 3.65. The van der Waals surface area contributed by atoms with Gasteiger partial charge in [-0.3, -0.25) is 14.2 Å². The second-order valence-electron chi connectivity index (χ2n) is 6.43. The van der Waals surface area contributed by atoms with Gasteiger partial charge in [0.25, 0.3) is 5.56 Å². The van der Waals surface area contributed by atoms with Gasteiger partial charge < -0.3 is 4.57 Å². The molecule has 0 bridgehead atoms. The van der Waals surface area contributed by atoms with Crippen LogP contribution in [-0.2, 0) is 13.1 Å². The molecule has 5 nitrogen and oxygen atoms in total. The van der Waals surface area contributed by atoms with Crippen LogP contribution in [0.2, 0.25) is 0 Å². The molecule has 27 heavy (non-hydrogen) atoms. The zero-order chi connectivity index (χ0) is 18.5. The second kappa shape index (κ2) is 6.06. The molecule has 0 atom stereocenters. The van der Waals surface area contributed by atoms with Crippen LogP contribution in [0.4, 0.5) is 4.39 Å². The zero-order valence-electron chi connectivity index (χ0n) is 14.2. The van der Waals surface area contributed by atoms with Crippen LogP contribution < -0.4 is 5.56 Å². The summed E-state index contributed by atoms with van der Waals surface area (Å²) in [6, 6.07) is 13.0. The molecule has 0 radical (unpaired) electrons. The van der Waals surface area contributed by atoms with E-state index in [0.29, 0.717) is 23.1 Å². The van der Waals surface area contributed by atoms with Crippen molar-refractivity contribution < 1.29 is 9.18 Å². The summed E-state index contributed by atoms with van der Waals surface area (Å²) in [6.45, 7) is 0.619. The van der Waals surface area contributed by atoms with Crippen molar-refractivity contribution in [2.75, 3.05) is 5.75 Å². The molecule has 5 rings (SSSR count). The molecule has 0 spiro atoms. The number of hydrogen-bond donors (Lipinski definition) is 0.